The summed E-state index contributed by atoms with van der Waals surface area (Å²) in [6.07, 6.45) is -4.67. The van der Waals surface area contributed by atoms with Crippen LogP contribution >= 0.6 is 24.0 Å². The number of anilines is 3. The Morgan fingerprint density at radius 2 is 1.73 bits per heavy atom. The number of nitrogens with zero attached hydrogens (tertiary/aromatic N) is 1. The molecule has 0 fully saturated rings. The summed E-state index contributed by atoms with van der Waals surface area (Å²) in [5, 5.41) is 8.82. The molecule has 0 unspecified atom stereocenters. The summed E-state index contributed by atoms with van der Waals surface area (Å²) in [7, 11) is 0. The number of nitrogens with one attached hydrogen (secondary N) is 4. The molecule has 4 N–H and O–H groups in total. The number of ether oxygens (including phenoxy) is 1. The van der Waals surface area contributed by atoms with E-state index in [0.29, 0.717) is 40.9 Å². The van der Waals surface area contributed by atoms with Gasteiger partial charge in [0.2, 0.25) is 5.95 Å². The molecule has 0 aliphatic heterocycles. The zero-order chi connectivity index (χ0) is 29.0. The topological polar surface area (TPSA) is 108 Å². The second-order valence-corrected chi connectivity index (χ2v) is 9.62. The number of amides is 2. The average molecular weight is 610 g/mol. The lowest BCUT2D eigenvalue weighted by Gasteiger charge is -2.14. The van der Waals surface area contributed by atoms with E-state index < -0.39 is 29.1 Å². The van der Waals surface area contributed by atoms with Gasteiger partial charge in [-0.2, -0.15) is 13.2 Å². The number of fused-ring (bicyclic) bond motifs is 1. The maximum Gasteiger partial charge on any atom is 0.417 e. The highest BCUT2D eigenvalue weighted by atomic mass is 35.5. The molecule has 0 saturated heterocycles. The number of carbonyl (C=O) groups is 2. The molecular weight excluding hydrogens is 582 g/mol. The fraction of sp³-hybridized carbons (Fsp3) is 0.250. The number of aromatic nitrogens is 2. The summed E-state index contributed by atoms with van der Waals surface area (Å²) in [5.74, 6) is -1.18. The molecule has 0 bridgehead atoms. The third-order valence-electron chi connectivity index (χ3n) is 5.93. The number of imidazole rings is 1. The second kappa shape index (κ2) is 13.2. The van der Waals surface area contributed by atoms with Gasteiger partial charge in [0.05, 0.1) is 34.9 Å². The van der Waals surface area contributed by atoms with Gasteiger partial charge in [-0.3, -0.25) is 9.59 Å². The Morgan fingerprint density at radius 3 is 2.44 bits per heavy atom. The summed E-state index contributed by atoms with van der Waals surface area (Å²) < 4.78 is 46.0. The van der Waals surface area contributed by atoms with Crippen molar-refractivity contribution in [1.82, 2.24) is 9.97 Å². The molecule has 0 radical (unpaired) electrons. The zero-order valence-corrected chi connectivity index (χ0v) is 23.9. The fourth-order valence-electron chi connectivity index (χ4n) is 3.97. The third-order valence-corrected chi connectivity index (χ3v) is 6.34. The number of carbonyl (C=O) groups excluding carboxylic acids is 2. The lowest BCUT2D eigenvalue weighted by atomic mass is 10.1. The standard InChI is InChI=1S/C28H27ClF3N5O3.ClH/c1-15(2)40-12-11-33-27-36-23-14-17(34-25(38)18-7-4-5-8-20(18)28(30,31)32)13-19(24(23)37-27)26(39)35-22-10-6-9-21(29)16(22)3;/h4-10,13-15H,11-12H2,1-3H3,(H,34,38)(H,35,39)(H2,33,36,37);1H. The number of aromatic amines is 1. The predicted octanol–water partition coefficient (Wildman–Crippen LogP) is 7.31. The Labute approximate surface area is 245 Å². The van der Waals surface area contributed by atoms with E-state index >= 15 is 0 Å². The van der Waals surface area contributed by atoms with Crippen LogP contribution in [0.3, 0.4) is 0 Å². The van der Waals surface area contributed by atoms with Crippen molar-refractivity contribution in [2.24, 2.45) is 0 Å². The molecule has 0 aliphatic rings. The van der Waals surface area contributed by atoms with Gasteiger partial charge in [0.1, 0.15) is 5.52 Å². The van der Waals surface area contributed by atoms with E-state index in [-0.39, 0.29) is 35.3 Å². The van der Waals surface area contributed by atoms with E-state index in [0.717, 1.165) is 12.1 Å². The number of H-pyrrole nitrogens is 1. The Bertz CT molecular complexity index is 1560. The third kappa shape index (κ3) is 7.69. The van der Waals surface area contributed by atoms with Crippen LogP contribution < -0.4 is 16.0 Å². The first-order valence-electron chi connectivity index (χ1n) is 12.4. The summed E-state index contributed by atoms with van der Waals surface area (Å²) in [6.45, 7) is 6.42. The monoisotopic (exact) mass is 609 g/mol. The van der Waals surface area contributed by atoms with Gasteiger partial charge in [-0.1, -0.05) is 29.8 Å². The van der Waals surface area contributed by atoms with Gasteiger partial charge in [0.25, 0.3) is 11.8 Å². The van der Waals surface area contributed by atoms with Crippen LogP contribution in [0.4, 0.5) is 30.5 Å². The van der Waals surface area contributed by atoms with Gasteiger partial charge in [0.15, 0.2) is 0 Å². The van der Waals surface area contributed by atoms with Gasteiger partial charge in [-0.05, 0) is 62.7 Å². The van der Waals surface area contributed by atoms with Crippen molar-refractivity contribution >= 4 is 64.2 Å². The van der Waals surface area contributed by atoms with Gasteiger partial charge < -0.3 is 25.7 Å². The van der Waals surface area contributed by atoms with E-state index in [9.17, 15) is 22.8 Å². The molecule has 0 saturated carbocycles. The zero-order valence-electron chi connectivity index (χ0n) is 22.3. The number of alkyl halides is 3. The molecule has 218 valence electrons. The molecule has 4 rings (SSSR count). The Kier molecular flexibility index (Phi) is 10.2. The highest BCUT2D eigenvalue weighted by Crippen LogP contribution is 2.33. The van der Waals surface area contributed by atoms with E-state index in [1.807, 2.05) is 13.8 Å². The highest BCUT2D eigenvalue weighted by Gasteiger charge is 2.35. The number of halogens is 5. The van der Waals surface area contributed by atoms with E-state index in [2.05, 4.69) is 25.9 Å². The SMILES string of the molecule is Cc1c(Cl)cccc1NC(=O)c1cc(NC(=O)c2ccccc2C(F)(F)F)cc2[nH]c(NCCOC(C)C)nc12.Cl. The van der Waals surface area contributed by atoms with Crippen LogP contribution in [-0.2, 0) is 10.9 Å². The van der Waals surface area contributed by atoms with Crippen molar-refractivity contribution in [3.8, 4) is 0 Å². The minimum atomic E-state index is -4.72. The van der Waals surface area contributed by atoms with Crippen molar-refractivity contribution in [3.05, 3.63) is 81.9 Å². The first kappa shape index (κ1) is 31.7. The van der Waals surface area contributed by atoms with E-state index in [1.165, 1.54) is 24.3 Å². The van der Waals surface area contributed by atoms with Crippen LogP contribution in [0.5, 0.6) is 0 Å². The average Bonchev–Trinajstić information content (AvgIpc) is 3.31. The molecule has 3 aromatic carbocycles. The molecule has 13 heteroatoms. The van der Waals surface area contributed by atoms with Crippen LogP contribution in [-0.4, -0.2) is 41.0 Å². The van der Waals surface area contributed by atoms with Crippen molar-refractivity contribution in [1.29, 1.82) is 0 Å². The van der Waals surface area contributed by atoms with Gasteiger partial charge >= 0.3 is 6.18 Å². The highest BCUT2D eigenvalue weighted by molar-refractivity contribution is 6.31. The minimum absolute atomic E-state index is 0. The van der Waals surface area contributed by atoms with E-state index in [1.54, 1.807) is 25.1 Å². The van der Waals surface area contributed by atoms with Crippen molar-refractivity contribution in [3.63, 3.8) is 0 Å². The molecule has 1 aromatic heterocycles. The molecule has 8 nitrogen and oxygen atoms in total. The summed E-state index contributed by atoms with van der Waals surface area (Å²) in [4.78, 5) is 33.9. The molecule has 2 amide bonds. The fourth-order valence-corrected chi connectivity index (χ4v) is 4.14. The number of rotatable bonds is 9. The van der Waals surface area contributed by atoms with Gasteiger partial charge in [-0.25, -0.2) is 4.98 Å². The molecule has 41 heavy (non-hydrogen) atoms. The van der Waals surface area contributed by atoms with Crippen LogP contribution in [0.1, 0.15) is 45.7 Å². The van der Waals surface area contributed by atoms with Crippen LogP contribution in [0.2, 0.25) is 5.02 Å². The first-order chi connectivity index (χ1) is 18.9. The quantitative estimate of drug-likeness (QED) is 0.149. The molecule has 4 aromatic rings. The van der Waals surface area contributed by atoms with Gasteiger partial charge in [0, 0.05) is 22.9 Å². The first-order valence-corrected chi connectivity index (χ1v) is 12.7. The Balaban J connectivity index is 0.00000462. The van der Waals surface area contributed by atoms with Crippen molar-refractivity contribution in [2.45, 2.75) is 33.1 Å². The van der Waals surface area contributed by atoms with Crippen LogP contribution in [0.15, 0.2) is 54.6 Å². The number of benzene rings is 3. The lowest BCUT2D eigenvalue weighted by Crippen LogP contribution is -2.19. The second-order valence-electron chi connectivity index (χ2n) is 9.22. The number of hydrogen-bond donors (Lipinski definition) is 4. The molecule has 1 heterocycles. The lowest BCUT2D eigenvalue weighted by molar-refractivity contribution is -0.137. The van der Waals surface area contributed by atoms with Crippen LogP contribution in [0, 0.1) is 6.92 Å². The summed E-state index contributed by atoms with van der Waals surface area (Å²) >= 11 is 6.19. The minimum Gasteiger partial charge on any atom is -0.377 e. The van der Waals surface area contributed by atoms with Crippen molar-refractivity contribution < 1.29 is 27.5 Å². The Hall–Kier alpha value is -3.80. The van der Waals surface area contributed by atoms with Crippen molar-refractivity contribution in [2.75, 3.05) is 29.1 Å². The van der Waals surface area contributed by atoms with E-state index in [4.69, 9.17) is 16.3 Å². The maximum atomic E-state index is 13.5. The summed E-state index contributed by atoms with van der Waals surface area (Å²) in [6, 6.07) is 12.4. The smallest absolute Gasteiger partial charge is 0.377 e. The molecule has 0 spiro atoms. The number of hydrogen-bond acceptors (Lipinski definition) is 5. The van der Waals surface area contributed by atoms with Gasteiger partial charge in [-0.15, -0.1) is 12.4 Å². The largest absolute Gasteiger partial charge is 0.417 e. The molecular formula is C28H28Cl2F3N5O3. The summed E-state index contributed by atoms with van der Waals surface area (Å²) in [5.41, 5.74) is 0.350. The molecule has 0 aliphatic carbocycles. The normalized spacial score (nSPS) is 11.3. The Morgan fingerprint density at radius 1 is 1.02 bits per heavy atom. The predicted molar refractivity (Wildman–Crippen MR) is 156 cm³/mol. The molecule has 0 atom stereocenters. The maximum absolute atomic E-state index is 13.5. The van der Waals surface area contributed by atoms with Crippen LogP contribution in [0.25, 0.3) is 11.0 Å².